The first-order valence-electron chi connectivity index (χ1n) is 14.7. The van der Waals surface area contributed by atoms with Gasteiger partial charge in [-0.05, 0) is 80.0 Å². The average Bonchev–Trinajstić information content (AvgIpc) is 3.27. The van der Waals surface area contributed by atoms with Crippen molar-refractivity contribution in [2.24, 2.45) is 0 Å². The van der Waals surface area contributed by atoms with Gasteiger partial charge in [-0.2, -0.15) is 0 Å². The largest absolute Gasteiger partial charge is 0.490 e. The number of aliphatic hydroxyl groups is 2. The molecule has 9 nitrogen and oxygen atoms in total. The van der Waals surface area contributed by atoms with Crippen LogP contribution in [-0.2, 0) is 16.4 Å². The van der Waals surface area contributed by atoms with Gasteiger partial charge in [-0.25, -0.2) is 13.1 Å². The molecule has 226 valence electrons. The standard InChI is InChI=1S/C32H41N3O6S/c36-19-6-20-42(39,40)35-32(38)29-15-14-26(21-31(29)41-28-8-3-1-2-4-9-28)25-12-10-24(11-13-25)16-18-34-23-30(37)27-7-5-17-33-22-27/h5,7,10-15,17,21-22,28,30,34,36-37H,1-4,6,8-9,16,18-20,23H2,(H,35,38)/t30-/m1/s1. The van der Waals surface area contributed by atoms with Crippen LogP contribution in [0.1, 0.15) is 72.5 Å². The molecule has 4 N–H and O–H groups in total. The van der Waals surface area contributed by atoms with Gasteiger partial charge in [0.05, 0.1) is 23.5 Å². The van der Waals surface area contributed by atoms with Crippen molar-refractivity contribution in [1.82, 2.24) is 15.0 Å². The summed E-state index contributed by atoms with van der Waals surface area (Å²) in [6, 6.07) is 17.0. The SMILES string of the molecule is O=C(NS(=O)(=O)CCCO)c1ccc(-c2ccc(CCNC[C@@H](O)c3cccnc3)cc2)cc1OC1CCCCCC1. The maximum absolute atomic E-state index is 13.0. The smallest absolute Gasteiger partial charge is 0.268 e. The van der Waals surface area contributed by atoms with Crippen LogP contribution < -0.4 is 14.8 Å². The summed E-state index contributed by atoms with van der Waals surface area (Å²) < 4.78 is 33.1. The second-order valence-corrected chi connectivity index (χ2v) is 12.6. The molecule has 0 spiro atoms. The van der Waals surface area contributed by atoms with Gasteiger partial charge in [0.1, 0.15) is 5.75 Å². The number of nitrogens with one attached hydrogen (secondary N) is 2. The second kappa shape index (κ2) is 15.8. The van der Waals surface area contributed by atoms with Gasteiger partial charge in [-0.1, -0.05) is 49.2 Å². The topological polar surface area (TPSA) is 138 Å². The van der Waals surface area contributed by atoms with E-state index in [0.29, 0.717) is 18.8 Å². The highest BCUT2D eigenvalue weighted by molar-refractivity contribution is 7.90. The molecule has 0 aliphatic heterocycles. The number of hydrogen-bond acceptors (Lipinski definition) is 8. The Morgan fingerprint density at radius 2 is 1.76 bits per heavy atom. The van der Waals surface area contributed by atoms with Crippen LogP contribution in [0.4, 0.5) is 0 Å². The van der Waals surface area contributed by atoms with Gasteiger partial charge in [-0.3, -0.25) is 9.78 Å². The number of amides is 1. The molecule has 1 fully saturated rings. The molecule has 1 saturated carbocycles. The van der Waals surface area contributed by atoms with Gasteiger partial charge in [0.15, 0.2) is 0 Å². The van der Waals surface area contributed by atoms with E-state index in [2.05, 4.69) is 27.2 Å². The number of carbonyl (C=O) groups excluding carboxylic acids is 1. The molecule has 0 saturated heterocycles. The molecule has 1 amide bonds. The highest BCUT2D eigenvalue weighted by Gasteiger charge is 2.22. The van der Waals surface area contributed by atoms with Crippen LogP contribution in [0.5, 0.6) is 5.75 Å². The molecule has 1 aliphatic carbocycles. The van der Waals surface area contributed by atoms with Crippen LogP contribution in [0.25, 0.3) is 11.1 Å². The fraction of sp³-hybridized carbons (Fsp3) is 0.438. The Balaban J connectivity index is 1.43. The molecule has 2 aromatic carbocycles. The van der Waals surface area contributed by atoms with Crippen molar-refractivity contribution in [1.29, 1.82) is 0 Å². The number of ether oxygens (including phenoxy) is 1. The number of pyridine rings is 1. The predicted octanol–water partition coefficient (Wildman–Crippen LogP) is 4.16. The minimum absolute atomic E-state index is 0.0353. The maximum atomic E-state index is 13.0. The number of sulfonamides is 1. The summed E-state index contributed by atoms with van der Waals surface area (Å²) in [6.45, 7) is 0.877. The maximum Gasteiger partial charge on any atom is 0.268 e. The minimum atomic E-state index is -3.88. The van der Waals surface area contributed by atoms with Gasteiger partial charge in [0, 0.05) is 31.1 Å². The van der Waals surface area contributed by atoms with Crippen LogP contribution in [0.2, 0.25) is 0 Å². The summed E-state index contributed by atoms with van der Waals surface area (Å²) in [4.78, 5) is 17.1. The summed E-state index contributed by atoms with van der Waals surface area (Å²) in [5.41, 5.74) is 3.91. The Morgan fingerprint density at radius 1 is 1.02 bits per heavy atom. The van der Waals surface area contributed by atoms with E-state index >= 15 is 0 Å². The number of hydrogen-bond donors (Lipinski definition) is 4. The Hall–Kier alpha value is -3.31. The number of benzene rings is 2. The molecular weight excluding hydrogens is 554 g/mol. The lowest BCUT2D eigenvalue weighted by molar-refractivity contribution is 0.0972. The zero-order chi connectivity index (χ0) is 29.8. The molecule has 4 rings (SSSR count). The zero-order valence-corrected chi connectivity index (χ0v) is 24.7. The van der Waals surface area contributed by atoms with Crippen molar-refractivity contribution >= 4 is 15.9 Å². The third-order valence-electron chi connectivity index (χ3n) is 7.43. The van der Waals surface area contributed by atoms with Crippen molar-refractivity contribution in [3.8, 4) is 16.9 Å². The van der Waals surface area contributed by atoms with E-state index in [1.54, 1.807) is 30.6 Å². The molecule has 1 aliphatic rings. The Morgan fingerprint density at radius 3 is 2.45 bits per heavy atom. The van der Waals surface area contributed by atoms with Gasteiger partial charge >= 0.3 is 0 Å². The summed E-state index contributed by atoms with van der Waals surface area (Å²) in [6.07, 6.45) is 9.74. The summed E-state index contributed by atoms with van der Waals surface area (Å²) in [5, 5.41) is 22.6. The summed E-state index contributed by atoms with van der Waals surface area (Å²) in [5.74, 6) is -0.701. The lowest BCUT2D eigenvalue weighted by atomic mass is 10.0. The van der Waals surface area contributed by atoms with E-state index in [-0.39, 0.29) is 30.4 Å². The average molecular weight is 596 g/mol. The molecular formula is C32H41N3O6S. The molecule has 0 radical (unpaired) electrons. The molecule has 1 atom stereocenters. The van der Waals surface area contributed by atoms with Crippen LogP contribution in [0, 0.1) is 0 Å². The van der Waals surface area contributed by atoms with Crippen molar-refractivity contribution in [3.63, 3.8) is 0 Å². The fourth-order valence-electron chi connectivity index (χ4n) is 5.05. The van der Waals surface area contributed by atoms with E-state index in [4.69, 9.17) is 9.84 Å². The number of nitrogens with zero attached hydrogens (tertiary/aromatic N) is 1. The van der Waals surface area contributed by atoms with E-state index in [0.717, 1.165) is 67.2 Å². The van der Waals surface area contributed by atoms with Crippen molar-refractivity contribution < 1.29 is 28.2 Å². The van der Waals surface area contributed by atoms with Crippen LogP contribution in [-0.4, -0.2) is 61.1 Å². The quantitative estimate of drug-likeness (QED) is 0.161. The third kappa shape index (κ3) is 9.62. The van der Waals surface area contributed by atoms with E-state index in [9.17, 15) is 18.3 Å². The third-order valence-corrected chi connectivity index (χ3v) is 8.75. The Labute approximate surface area is 248 Å². The van der Waals surface area contributed by atoms with Gasteiger partial charge < -0.3 is 20.3 Å². The molecule has 0 bridgehead atoms. The van der Waals surface area contributed by atoms with E-state index in [1.807, 2.05) is 24.3 Å². The lowest BCUT2D eigenvalue weighted by Crippen LogP contribution is -2.33. The Kier molecular flexibility index (Phi) is 11.9. The van der Waals surface area contributed by atoms with Gasteiger partial charge in [-0.15, -0.1) is 0 Å². The summed E-state index contributed by atoms with van der Waals surface area (Å²) in [7, 11) is -3.88. The van der Waals surface area contributed by atoms with E-state index < -0.39 is 22.0 Å². The second-order valence-electron chi connectivity index (χ2n) is 10.7. The molecule has 42 heavy (non-hydrogen) atoms. The monoisotopic (exact) mass is 595 g/mol. The molecule has 10 heteroatoms. The zero-order valence-electron chi connectivity index (χ0n) is 23.9. The fourth-order valence-corrected chi connectivity index (χ4v) is 6.06. The van der Waals surface area contributed by atoms with Crippen LogP contribution in [0.15, 0.2) is 67.0 Å². The highest BCUT2D eigenvalue weighted by atomic mass is 32.2. The normalized spacial score (nSPS) is 15.1. The molecule has 3 aromatic rings. The lowest BCUT2D eigenvalue weighted by Gasteiger charge is -2.20. The number of rotatable bonds is 14. The van der Waals surface area contributed by atoms with Crippen molar-refractivity contribution in [2.45, 2.75) is 63.6 Å². The molecule has 1 heterocycles. The van der Waals surface area contributed by atoms with Crippen molar-refractivity contribution in [3.05, 3.63) is 83.7 Å². The summed E-state index contributed by atoms with van der Waals surface area (Å²) >= 11 is 0. The van der Waals surface area contributed by atoms with Crippen LogP contribution >= 0.6 is 0 Å². The van der Waals surface area contributed by atoms with E-state index in [1.165, 1.54) is 0 Å². The van der Waals surface area contributed by atoms with Crippen molar-refractivity contribution in [2.75, 3.05) is 25.4 Å². The first-order chi connectivity index (χ1) is 20.3. The van der Waals surface area contributed by atoms with Gasteiger partial charge in [0.2, 0.25) is 10.0 Å². The predicted molar refractivity (Wildman–Crippen MR) is 163 cm³/mol. The molecule has 1 aromatic heterocycles. The first-order valence-corrected chi connectivity index (χ1v) is 16.3. The molecule has 0 unspecified atom stereocenters. The number of aliphatic hydroxyl groups excluding tert-OH is 2. The first kappa shape index (κ1) is 31.6. The Bertz CT molecular complexity index is 1380. The number of carbonyl (C=O) groups is 1. The van der Waals surface area contributed by atoms with Crippen LogP contribution in [0.3, 0.4) is 0 Å². The number of aromatic nitrogens is 1. The van der Waals surface area contributed by atoms with Gasteiger partial charge in [0.25, 0.3) is 5.91 Å². The minimum Gasteiger partial charge on any atom is -0.490 e. The highest BCUT2D eigenvalue weighted by Crippen LogP contribution is 2.31.